The average molecular weight is 603 g/mol. The summed E-state index contributed by atoms with van der Waals surface area (Å²) in [6.45, 7) is 2.48. The fraction of sp³-hybridized carbons (Fsp3) is 0.543. The van der Waals surface area contributed by atoms with Gasteiger partial charge in [0.1, 0.15) is 5.75 Å². The van der Waals surface area contributed by atoms with E-state index in [4.69, 9.17) is 0 Å². The first kappa shape index (κ1) is 31.5. The van der Waals surface area contributed by atoms with Crippen LogP contribution in [0.3, 0.4) is 0 Å². The molecule has 2 aromatic rings. The van der Waals surface area contributed by atoms with Crippen LogP contribution in [0.5, 0.6) is 5.75 Å². The maximum Gasteiger partial charge on any atom is 0.312 e. The number of carbonyl (C=O) groups excluding carboxylic acids is 4. The number of phenols is 1. The fourth-order valence-electron chi connectivity index (χ4n) is 7.02. The topological polar surface area (TPSA) is 110 Å². The number of nitrogens with zero attached hydrogens (tertiary/aromatic N) is 3. The van der Waals surface area contributed by atoms with Crippen molar-refractivity contribution in [3.63, 3.8) is 0 Å². The second-order valence-corrected chi connectivity index (χ2v) is 12.7. The van der Waals surface area contributed by atoms with E-state index >= 15 is 0 Å². The highest BCUT2D eigenvalue weighted by molar-refractivity contribution is 6.36. The number of phenolic OH excluding ortho intramolecular Hbond substituents is 1. The molecule has 2 saturated heterocycles. The summed E-state index contributed by atoms with van der Waals surface area (Å²) in [6, 6.07) is 16.8. The molecule has 2 aliphatic heterocycles. The Morgan fingerprint density at radius 1 is 0.705 bits per heavy atom. The highest BCUT2D eigenvalue weighted by atomic mass is 16.3. The van der Waals surface area contributed by atoms with E-state index in [2.05, 4.69) is 5.32 Å². The number of amides is 4. The van der Waals surface area contributed by atoms with Crippen LogP contribution in [-0.2, 0) is 32.0 Å². The molecule has 3 aliphatic rings. The van der Waals surface area contributed by atoms with E-state index in [1.54, 1.807) is 26.8 Å². The average Bonchev–Trinajstić information content (AvgIpc) is 3.04. The van der Waals surface area contributed by atoms with Crippen molar-refractivity contribution >= 4 is 23.6 Å². The third-order valence-corrected chi connectivity index (χ3v) is 9.61. The van der Waals surface area contributed by atoms with Crippen LogP contribution in [-0.4, -0.2) is 88.2 Å². The fourth-order valence-corrected chi connectivity index (χ4v) is 7.02. The minimum absolute atomic E-state index is 0.0382. The molecule has 4 amide bonds. The quantitative estimate of drug-likeness (QED) is 0.269. The second kappa shape index (κ2) is 15.2. The van der Waals surface area contributed by atoms with Gasteiger partial charge in [-0.05, 0) is 67.7 Å². The number of piperazine rings is 2. The SMILES string of the molecule is O=C1NC[C@H](CCCCN2C[C@H](Cc3ccccc3)N(CCc3ccc(O)cc3)C(=O)C2=O)N(CCC2CCCCC2)C1=O. The number of unbranched alkanes of at least 4 members (excludes halogenated alkanes) is 1. The molecule has 2 heterocycles. The zero-order valence-corrected chi connectivity index (χ0v) is 25.7. The number of nitrogens with one attached hydrogen (secondary N) is 1. The van der Waals surface area contributed by atoms with Crippen molar-refractivity contribution in [1.29, 1.82) is 0 Å². The minimum atomic E-state index is -0.512. The lowest BCUT2D eigenvalue weighted by Crippen LogP contribution is -2.60. The summed E-state index contributed by atoms with van der Waals surface area (Å²) in [7, 11) is 0. The van der Waals surface area contributed by atoms with E-state index in [1.165, 1.54) is 32.1 Å². The maximum atomic E-state index is 13.4. The van der Waals surface area contributed by atoms with Gasteiger partial charge in [-0.1, -0.05) is 74.6 Å². The summed E-state index contributed by atoms with van der Waals surface area (Å²) in [4.78, 5) is 56.8. The molecule has 236 valence electrons. The highest BCUT2D eigenvalue weighted by Crippen LogP contribution is 2.27. The van der Waals surface area contributed by atoms with Gasteiger partial charge < -0.3 is 25.1 Å². The first-order valence-corrected chi connectivity index (χ1v) is 16.4. The molecule has 9 heteroatoms. The van der Waals surface area contributed by atoms with Gasteiger partial charge in [-0.3, -0.25) is 19.2 Å². The first-order chi connectivity index (χ1) is 21.4. The van der Waals surface area contributed by atoms with Gasteiger partial charge in [0.2, 0.25) is 0 Å². The van der Waals surface area contributed by atoms with Crippen molar-refractivity contribution < 1.29 is 24.3 Å². The molecule has 2 N–H and O–H groups in total. The lowest BCUT2D eigenvalue weighted by Gasteiger charge is -2.41. The van der Waals surface area contributed by atoms with Crippen molar-refractivity contribution in [2.45, 2.75) is 82.7 Å². The van der Waals surface area contributed by atoms with E-state index in [0.717, 1.165) is 36.8 Å². The van der Waals surface area contributed by atoms with Crippen molar-refractivity contribution in [3.8, 4) is 5.75 Å². The van der Waals surface area contributed by atoms with Crippen LogP contribution in [0.4, 0.5) is 0 Å². The van der Waals surface area contributed by atoms with Gasteiger partial charge in [-0.15, -0.1) is 0 Å². The predicted octanol–water partition coefficient (Wildman–Crippen LogP) is 3.68. The number of rotatable bonds is 13. The number of hydrogen-bond acceptors (Lipinski definition) is 5. The summed E-state index contributed by atoms with van der Waals surface area (Å²) in [6.07, 6.45) is 10.7. The van der Waals surface area contributed by atoms with Crippen LogP contribution >= 0.6 is 0 Å². The molecular formula is C35H46N4O5. The Labute approximate surface area is 260 Å². The monoisotopic (exact) mass is 602 g/mol. The molecule has 0 bridgehead atoms. The standard InChI is InChI=1S/C35H46N4O5/c40-31-16-14-27(15-17-31)19-22-39-30(23-28-11-5-2-6-12-28)25-37(34(43)35(39)44)20-8-7-13-29-24-36-32(41)33(42)38(29)21-18-26-9-3-1-4-10-26/h2,5-6,11-12,14-17,26,29-30,40H,1,3-4,7-10,13,18-25H2,(H,36,41)/t29-,30-/m0/s1. The van der Waals surface area contributed by atoms with Gasteiger partial charge in [-0.2, -0.15) is 0 Å². The van der Waals surface area contributed by atoms with Crippen LogP contribution in [0.1, 0.15) is 68.9 Å². The van der Waals surface area contributed by atoms with E-state index < -0.39 is 23.6 Å². The summed E-state index contributed by atoms with van der Waals surface area (Å²) in [5.41, 5.74) is 2.11. The number of aromatic hydroxyl groups is 1. The second-order valence-electron chi connectivity index (χ2n) is 12.7. The maximum absolute atomic E-state index is 13.4. The van der Waals surface area contributed by atoms with Crippen LogP contribution in [0, 0.1) is 5.92 Å². The summed E-state index contributed by atoms with van der Waals surface area (Å²) < 4.78 is 0. The van der Waals surface area contributed by atoms with E-state index in [0.29, 0.717) is 51.5 Å². The van der Waals surface area contributed by atoms with Gasteiger partial charge in [0.25, 0.3) is 0 Å². The van der Waals surface area contributed by atoms with Crippen molar-refractivity contribution in [2.75, 3.05) is 32.7 Å². The van der Waals surface area contributed by atoms with Crippen LogP contribution < -0.4 is 5.32 Å². The van der Waals surface area contributed by atoms with Crippen molar-refractivity contribution in [2.24, 2.45) is 5.92 Å². The predicted molar refractivity (Wildman–Crippen MR) is 168 cm³/mol. The normalized spacial score (nSPS) is 21.6. The molecule has 3 fully saturated rings. The smallest absolute Gasteiger partial charge is 0.312 e. The van der Waals surface area contributed by atoms with Crippen LogP contribution in [0.2, 0.25) is 0 Å². The molecule has 0 radical (unpaired) electrons. The molecule has 2 aromatic carbocycles. The van der Waals surface area contributed by atoms with Gasteiger partial charge in [0, 0.05) is 38.8 Å². The zero-order chi connectivity index (χ0) is 30.9. The molecule has 0 unspecified atom stereocenters. The molecular weight excluding hydrogens is 556 g/mol. The number of benzene rings is 2. The molecule has 5 rings (SSSR count). The molecule has 1 aliphatic carbocycles. The Morgan fingerprint density at radius 2 is 1.43 bits per heavy atom. The molecule has 0 aromatic heterocycles. The molecule has 1 saturated carbocycles. The molecule has 9 nitrogen and oxygen atoms in total. The van der Waals surface area contributed by atoms with Gasteiger partial charge >= 0.3 is 23.6 Å². The van der Waals surface area contributed by atoms with Gasteiger partial charge in [0.15, 0.2) is 0 Å². The van der Waals surface area contributed by atoms with E-state index in [1.807, 2.05) is 42.5 Å². The largest absolute Gasteiger partial charge is 0.508 e. The van der Waals surface area contributed by atoms with Crippen molar-refractivity contribution in [3.05, 3.63) is 65.7 Å². The van der Waals surface area contributed by atoms with Crippen LogP contribution in [0.25, 0.3) is 0 Å². The lowest BCUT2D eigenvalue weighted by atomic mass is 9.86. The zero-order valence-electron chi connectivity index (χ0n) is 25.7. The molecule has 44 heavy (non-hydrogen) atoms. The molecule has 2 atom stereocenters. The Morgan fingerprint density at radius 3 is 2.18 bits per heavy atom. The van der Waals surface area contributed by atoms with Gasteiger partial charge in [0.05, 0.1) is 6.04 Å². The Kier molecular flexibility index (Phi) is 10.9. The Balaban J connectivity index is 1.16. The highest BCUT2D eigenvalue weighted by Gasteiger charge is 2.39. The van der Waals surface area contributed by atoms with E-state index in [-0.39, 0.29) is 17.8 Å². The first-order valence-electron chi connectivity index (χ1n) is 16.4. The van der Waals surface area contributed by atoms with Crippen molar-refractivity contribution in [1.82, 2.24) is 20.0 Å². The van der Waals surface area contributed by atoms with Gasteiger partial charge in [-0.25, -0.2) is 0 Å². The number of carbonyl (C=O) groups is 4. The molecule has 0 spiro atoms. The summed E-state index contributed by atoms with van der Waals surface area (Å²) in [5, 5.41) is 12.4. The Hall–Kier alpha value is -3.88. The lowest BCUT2D eigenvalue weighted by molar-refractivity contribution is -0.159. The Bertz CT molecular complexity index is 1280. The summed E-state index contributed by atoms with van der Waals surface area (Å²) in [5.74, 6) is -1.04. The third-order valence-electron chi connectivity index (χ3n) is 9.61. The minimum Gasteiger partial charge on any atom is -0.508 e. The number of hydrogen-bond donors (Lipinski definition) is 2. The van der Waals surface area contributed by atoms with E-state index in [9.17, 15) is 24.3 Å². The van der Waals surface area contributed by atoms with Crippen LogP contribution in [0.15, 0.2) is 54.6 Å². The third kappa shape index (κ3) is 8.18. The summed E-state index contributed by atoms with van der Waals surface area (Å²) >= 11 is 0.